The van der Waals surface area contributed by atoms with Crippen LogP contribution in [-0.2, 0) is 6.54 Å². The van der Waals surface area contributed by atoms with Gasteiger partial charge in [-0.2, -0.15) is 11.3 Å². The normalized spacial score (nSPS) is 14.1. The van der Waals surface area contributed by atoms with Crippen LogP contribution in [0.2, 0.25) is 0 Å². The molecule has 2 atom stereocenters. The third-order valence-electron chi connectivity index (χ3n) is 3.40. The zero-order valence-electron chi connectivity index (χ0n) is 12.2. The lowest BCUT2D eigenvalue weighted by atomic mass is 10.1. The van der Waals surface area contributed by atoms with Crippen LogP contribution < -0.4 is 5.32 Å². The van der Waals surface area contributed by atoms with E-state index >= 15 is 0 Å². The monoisotopic (exact) mass is 334 g/mol. The predicted octanol–water partition coefficient (Wildman–Crippen LogP) is 4.07. The van der Waals surface area contributed by atoms with E-state index in [0.717, 1.165) is 10.7 Å². The number of thiophene rings is 1. The zero-order valence-corrected chi connectivity index (χ0v) is 13.9. The highest BCUT2D eigenvalue weighted by Crippen LogP contribution is 2.25. The Balaban J connectivity index is 1.50. The minimum Gasteiger partial charge on any atom is -0.467 e. The van der Waals surface area contributed by atoms with Crippen molar-refractivity contribution in [1.29, 1.82) is 0 Å². The number of aliphatic hydroxyl groups is 1. The van der Waals surface area contributed by atoms with Gasteiger partial charge in [0, 0.05) is 28.9 Å². The summed E-state index contributed by atoms with van der Waals surface area (Å²) in [6.07, 6.45) is 1.61. The number of thiazole rings is 1. The van der Waals surface area contributed by atoms with Gasteiger partial charge in [-0.1, -0.05) is 0 Å². The quantitative estimate of drug-likeness (QED) is 0.684. The van der Waals surface area contributed by atoms with E-state index in [1.165, 1.54) is 5.56 Å². The Morgan fingerprint density at radius 3 is 3.00 bits per heavy atom. The van der Waals surface area contributed by atoms with E-state index in [9.17, 15) is 5.11 Å². The predicted molar refractivity (Wildman–Crippen MR) is 90.0 cm³/mol. The molecule has 0 amide bonds. The maximum atomic E-state index is 10.1. The fourth-order valence-corrected chi connectivity index (χ4v) is 3.73. The van der Waals surface area contributed by atoms with E-state index < -0.39 is 6.10 Å². The van der Waals surface area contributed by atoms with Gasteiger partial charge in [-0.15, -0.1) is 11.3 Å². The van der Waals surface area contributed by atoms with Crippen molar-refractivity contribution in [3.63, 3.8) is 0 Å². The highest BCUT2D eigenvalue weighted by Gasteiger charge is 2.15. The molecule has 0 bridgehead atoms. The van der Waals surface area contributed by atoms with Gasteiger partial charge in [-0.05, 0) is 36.9 Å². The van der Waals surface area contributed by atoms with E-state index in [2.05, 4.69) is 39.4 Å². The van der Waals surface area contributed by atoms with Gasteiger partial charge in [0.15, 0.2) is 0 Å². The van der Waals surface area contributed by atoms with Gasteiger partial charge < -0.3 is 14.8 Å². The first-order chi connectivity index (χ1) is 10.7. The largest absolute Gasteiger partial charge is 0.467 e. The molecule has 2 N–H and O–H groups in total. The fourth-order valence-electron chi connectivity index (χ4n) is 2.20. The van der Waals surface area contributed by atoms with Crippen molar-refractivity contribution in [2.24, 2.45) is 0 Å². The zero-order chi connectivity index (χ0) is 15.4. The molecule has 0 aliphatic rings. The lowest BCUT2D eigenvalue weighted by Crippen LogP contribution is -2.27. The molecule has 3 aromatic rings. The van der Waals surface area contributed by atoms with E-state index in [0.29, 0.717) is 18.7 Å². The minimum atomic E-state index is -0.575. The van der Waals surface area contributed by atoms with Crippen molar-refractivity contribution in [3.05, 3.63) is 52.1 Å². The van der Waals surface area contributed by atoms with Gasteiger partial charge >= 0.3 is 0 Å². The first-order valence-electron chi connectivity index (χ1n) is 7.14. The first-order valence-corrected chi connectivity index (χ1v) is 8.96. The van der Waals surface area contributed by atoms with E-state index in [-0.39, 0.29) is 6.04 Å². The molecule has 0 radical (unpaired) electrons. The van der Waals surface area contributed by atoms with Crippen molar-refractivity contribution in [2.75, 3.05) is 0 Å². The number of aromatic nitrogens is 1. The van der Waals surface area contributed by atoms with Crippen molar-refractivity contribution >= 4 is 22.7 Å². The van der Waals surface area contributed by atoms with Crippen LogP contribution in [0.15, 0.2) is 45.0 Å². The Morgan fingerprint density at radius 1 is 1.36 bits per heavy atom. The molecule has 2 unspecified atom stereocenters. The average Bonchev–Trinajstić information content (AvgIpc) is 3.25. The average molecular weight is 334 g/mol. The standard InChI is InChI=1S/C16H18N2O2S2/c1-11(7-14(19)15-3-2-5-20-15)17-8-13-10-22-16(18-13)12-4-6-21-9-12/h2-6,9-11,14,17,19H,7-8H2,1H3. The summed E-state index contributed by atoms with van der Waals surface area (Å²) in [5.74, 6) is 0.613. The maximum Gasteiger partial charge on any atom is 0.132 e. The number of hydrogen-bond acceptors (Lipinski definition) is 6. The lowest BCUT2D eigenvalue weighted by Gasteiger charge is -2.16. The van der Waals surface area contributed by atoms with Crippen molar-refractivity contribution < 1.29 is 9.52 Å². The molecular formula is C16H18N2O2S2. The summed E-state index contributed by atoms with van der Waals surface area (Å²) in [6.45, 7) is 2.75. The van der Waals surface area contributed by atoms with Crippen LogP contribution >= 0.6 is 22.7 Å². The van der Waals surface area contributed by atoms with Gasteiger partial charge in [-0.3, -0.25) is 0 Å². The third-order valence-corrected chi connectivity index (χ3v) is 5.02. The lowest BCUT2D eigenvalue weighted by molar-refractivity contribution is 0.128. The van der Waals surface area contributed by atoms with Gasteiger partial charge in [0.25, 0.3) is 0 Å². The molecule has 6 heteroatoms. The second-order valence-electron chi connectivity index (χ2n) is 5.20. The Hall–Kier alpha value is -1.47. The molecule has 4 nitrogen and oxygen atoms in total. The van der Waals surface area contributed by atoms with Crippen molar-refractivity contribution in [1.82, 2.24) is 10.3 Å². The van der Waals surface area contributed by atoms with E-state index in [4.69, 9.17) is 4.42 Å². The van der Waals surface area contributed by atoms with Crippen LogP contribution in [0.3, 0.4) is 0 Å². The molecule has 116 valence electrons. The first kappa shape index (κ1) is 15.4. The molecule has 22 heavy (non-hydrogen) atoms. The molecule has 0 aliphatic carbocycles. The highest BCUT2D eigenvalue weighted by molar-refractivity contribution is 7.14. The van der Waals surface area contributed by atoms with Crippen LogP contribution in [-0.4, -0.2) is 16.1 Å². The Morgan fingerprint density at radius 2 is 2.27 bits per heavy atom. The van der Waals surface area contributed by atoms with Crippen LogP contribution in [0.1, 0.15) is 30.9 Å². The second kappa shape index (κ2) is 7.19. The van der Waals surface area contributed by atoms with Crippen LogP contribution in [0.25, 0.3) is 10.6 Å². The molecule has 0 saturated carbocycles. The van der Waals surface area contributed by atoms with Crippen molar-refractivity contribution in [3.8, 4) is 10.6 Å². The summed E-state index contributed by atoms with van der Waals surface area (Å²) in [5.41, 5.74) is 2.22. The molecule has 0 spiro atoms. The minimum absolute atomic E-state index is 0.173. The number of nitrogens with one attached hydrogen (secondary N) is 1. The summed E-state index contributed by atoms with van der Waals surface area (Å²) in [5, 5.41) is 20.8. The summed E-state index contributed by atoms with van der Waals surface area (Å²) in [6, 6.07) is 5.85. The van der Waals surface area contributed by atoms with Crippen LogP contribution in [0.4, 0.5) is 0 Å². The number of rotatable bonds is 7. The number of aliphatic hydroxyl groups excluding tert-OH is 1. The van der Waals surface area contributed by atoms with E-state index in [1.807, 2.05) is 0 Å². The van der Waals surface area contributed by atoms with Crippen LogP contribution in [0, 0.1) is 0 Å². The topological polar surface area (TPSA) is 58.3 Å². The molecule has 3 aromatic heterocycles. The number of furan rings is 1. The van der Waals surface area contributed by atoms with Gasteiger partial charge in [0.2, 0.25) is 0 Å². The Bertz CT molecular complexity index is 677. The molecule has 0 fully saturated rings. The van der Waals surface area contributed by atoms with Crippen LogP contribution in [0.5, 0.6) is 0 Å². The van der Waals surface area contributed by atoms with Gasteiger partial charge in [0.05, 0.1) is 12.0 Å². The third kappa shape index (κ3) is 3.84. The summed E-state index contributed by atoms with van der Waals surface area (Å²) < 4.78 is 5.22. The van der Waals surface area contributed by atoms with E-state index in [1.54, 1.807) is 41.1 Å². The highest BCUT2D eigenvalue weighted by atomic mass is 32.1. The summed E-state index contributed by atoms with van der Waals surface area (Å²) in [7, 11) is 0. The number of nitrogens with zero attached hydrogens (tertiary/aromatic N) is 1. The molecule has 3 rings (SSSR count). The summed E-state index contributed by atoms with van der Waals surface area (Å²) in [4.78, 5) is 4.64. The number of hydrogen-bond donors (Lipinski definition) is 2. The van der Waals surface area contributed by atoms with Gasteiger partial charge in [-0.25, -0.2) is 4.98 Å². The molecule has 0 saturated heterocycles. The molecule has 0 aromatic carbocycles. The summed E-state index contributed by atoms with van der Waals surface area (Å²) >= 11 is 3.34. The fraction of sp³-hybridized carbons (Fsp3) is 0.312. The Labute approximate surface area is 137 Å². The smallest absolute Gasteiger partial charge is 0.132 e. The van der Waals surface area contributed by atoms with Crippen molar-refractivity contribution in [2.45, 2.75) is 32.0 Å². The second-order valence-corrected chi connectivity index (χ2v) is 6.84. The molecular weight excluding hydrogens is 316 g/mol. The molecule has 0 aliphatic heterocycles. The maximum absolute atomic E-state index is 10.1. The molecule has 3 heterocycles. The SMILES string of the molecule is CC(CC(O)c1ccco1)NCc1csc(-c2ccsc2)n1. The Kier molecular flexibility index (Phi) is 5.04. The van der Waals surface area contributed by atoms with Gasteiger partial charge in [0.1, 0.15) is 16.9 Å².